The second-order valence-corrected chi connectivity index (χ2v) is 5.06. The first kappa shape index (κ1) is 12.7. The van der Waals surface area contributed by atoms with Crippen LogP contribution in [0.15, 0.2) is 17.6 Å². The Bertz CT molecular complexity index is 484. The van der Waals surface area contributed by atoms with Gasteiger partial charge in [0.25, 0.3) is 10.0 Å². The van der Waals surface area contributed by atoms with Gasteiger partial charge in [-0.25, -0.2) is 13.4 Å². The first-order chi connectivity index (χ1) is 7.56. The summed E-state index contributed by atoms with van der Waals surface area (Å²) in [6, 6.07) is 0. The van der Waals surface area contributed by atoms with Gasteiger partial charge in [0.2, 0.25) is 0 Å². The maximum Gasteiger partial charge on any atom is 0.262 e. The van der Waals surface area contributed by atoms with E-state index < -0.39 is 10.0 Å². The summed E-state index contributed by atoms with van der Waals surface area (Å²) in [4.78, 5) is 3.87. The molecule has 88 valence electrons. The topological polar surface area (TPSA) is 55.2 Å². The van der Waals surface area contributed by atoms with E-state index in [4.69, 9.17) is 6.42 Å². The Morgan fingerprint density at radius 3 is 2.69 bits per heavy atom. The van der Waals surface area contributed by atoms with E-state index in [9.17, 15) is 8.42 Å². The monoisotopic (exact) mass is 241 g/mol. The molecule has 5 nitrogen and oxygen atoms in total. The number of nitrogens with zero attached hydrogens (tertiary/aromatic N) is 3. The molecule has 0 unspecified atom stereocenters. The molecular weight excluding hydrogens is 226 g/mol. The van der Waals surface area contributed by atoms with Gasteiger partial charge in [-0.15, -0.1) is 6.42 Å². The van der Waals surface area contributed by atoms with Gasteiger partial charge in [-0.05, 0) is 6.92 Å². The Hall–Kier alpha value is -1.32. The number of terminal acetylenes is 1. The molecule has 16 heavy (non-hydrogen) atoms. The average molecular weight is 241 g/mol. The molecule has 1 heterocycles. The summed E-state index contributed by atoms with van der Waals surface area (Å²) in [5, 5.41) is 0.0476. The second-order valence-electron chi connectivity index (χ2n) is 3.18. The summed E-state index contributed by atoms with van der Waals surface area (Å²) in [5.74, 6) is 2.33. The quantitative estimate of drug-likeness (QED) is 0.707. The van der Waals surface area contributed by atoms with E-state index in [1.807, 2.05) is 6.92 Å². The van der Waals surface area contributed by atoms with Crippen LogP contribution >= 0.6 is 0 Å². The molecule has 0 bridgehead atoms. The SMILES string of the molecule is C#CCN(CC)S(=O)(=O)c1cn(CC)cn1. The summed E-state index contributed by atoms with van der Waals surface area (Å²) in [6.45, 7) is 4.75. The molecule has 0 saturated carbocycles. The van der Waals surface area contributed by atoms with Crippen LogP contribution in [-0.2, 0) is 16.6 Å². The molecule has 1 aromatic rings. The van der Waals surface area contributed by atoms with Gasteiger partial charge in [-0.3, -0.25) is 0 Å². The van der Waals surface area contributed by atoms with Crippen molar-refractivity contribution in [2.24, 2.45) is 0 Å². The molecule has 0 aliphatic carbocycles. The number of hydrogen-bond acceptors (Lipinski definition) is 3. The Morgan fingerprint density at radius 2 is 2.25 bits per heavy atom. The molecule has 0 fully saturated rings. The van der Waals surface area contributed by atoms with E-state index in [2.05, 4.69) is 10.9 Å². The summed E-state index contributed by atoms with van der Waals surface area (Å²) in [6.07, 6.45) is 8.13. The lowest BCUT2D eigenvalue weighted by Gasteiger charge is -2.15. The minimum Gasteiger partial charge on any atom is -0.336 e. The molecule has 0 N–H and O–H groups in total. The van der Waals surface area contributed by atoms with Crippen molar-refractivity contribution in [1.82, 2.24) is 13.9 Å². The third kappa shape index (κ3) is 2.43. The van der Waals surface area contributed by atoms with E-state index >= 15 is 0 Å². The molecule has 0 saturated heterocycles. The highest BCUT2D eigenvalue weighted by atomic mass is 32.2. The third-order valence-electron chi connectivity index (χ3n) is 2.20. The van der Waals surface area contributed by atoms with Crippen molar-refractivity contribution in [1.29, 1.82) is 0 Å². The van der Waals surface area contributed by atoms with Crippen LogP contribution < -0.4 is 0 Å². The van der Waals surface area contributed by atoms with Crippen molar-refractivity contribution >= 4 is 10.0 Å². The van der Waals surface area contributed by atoms with Gasteiger partial charge in [0.05, 0.1) is 12.9 Å². The largest absolute Gasteiger partial charge is 0.336 e. The number of aromatic nitrogens is 2. The van der Waals surface area contributed by atoms with Crippen LogP contribution in [0, 0.1) is 12.3 Å². The zero-order valence-corrected chi connectivity index (χ0v) is 10.2. The standard InChI is InChI=1S/C10H15N3O2S/c1-4-7-13(6-3)16(14,15)10-8-12(5-2)9-11-10/h1,8-9H,5-7H2,2-3H3. The van der Waals surface area contributed by atoms with E-state index in [0.717, 1.165) is 0 Å². The van der Waals surface area contributed by atoms with Gasteiger partial charge in [0.1, 0.15) is 0 Å². The zero-order valence-electron chi connectivity index (χ0n) is 9.42. The van der Waals surface area contributed by atoms with Crippen molar-refractivity contribution in [2.45, 2.75) is 25.4 Å². The number of rotatable bonds is 5. The normalized spacial score (nSPS) is 11.6. The van der Waals surface area contributed by atoms with Crippen LogP contribution in [-0.4, -0.2) is 35.4 Å². The van der Waals surface area contributed by atoms with E-state index in [-0.39, 0.29) is 11.6 Å². The summed E-state index contributed by atoms with van der Waals surface area (Å²) in [7, 11) is -3.54. The van der Waals surface area contributed by atoms with Crippen molar-refractivity contribution in [3.63, 3.8) is 0 Å². The van der Waals surface area contributed by atoms with Crippen molar-refractivity contribution < 1.29 is 8.42 Å². The van der Waals surface area contributed by atoms with Crippen molar-refractivity contribution in [3.05, 3.63) is 12.5 Å². The van der Waals surface area contributed by atoms with Crippen molar-refractivity contribution in [3.8, 4) is 12.3 Å². The lowest BCUT2D eigenvalue weighted by molar-refractivity contribution is 0.461. The van der Waals surface area contributed by atoms with E-state index in [1.54, 1.807) is 11.5 Å². The lowest BCUT2D eigenvalue weighted by atomic mass is 10.6. The number of aryl methyl sites for hydroxylation is 1. The average Bonchev–Trinajstić information content (AvgIpc) is 2.74. The molecule has 1 rings (SSSR count). The van der Waals surface area contributed by atoms with Crippen LogP contribution in [0.25, 0.3) is 0 Å². The maximum atomic E-state index is 12.0. The first-order valence-corrected chi connectivity index (χ1v) is 6.45. The number of imidazole rings is 1. The summed E-state index contributed by atoms with van der Waals surface area (Å²) >= 11 is 0. The smallest absolute Gasteiger partial charge is 0.262 e. The Kier molecular flexibility index (Phi) is 4.10. The van der Waals surface area contributed by atoms with Crippen molar-refractivity contribution in [2.75, 3.05) is 13.1 Å². The first-order valence-electron chi connectivity index (χ1n) is 5.01. The predicted molar refractivity (Wildman–Crippen MR) is 61.2 cm³/mol. The molecular formula is C10H15N3O2S. The zero-order chi connectivity index (χ0) is 12.2. The fraction of sp³-hybridized carbons (Fsp3) is 0.500. The van der Waals surface area contributed by atoms with Gasteiger partial charge in [-0.2, -0.15) is 4.31 Å². The van der Waals surface area contributed by atoms with Crippen LogP contribution in [0.5, 0.6) is 0 Å². The third-order valence-corrected chi connectivity index (χ3v) is 4.01. The van der Waals surface area contributed by atoms with E-state index in [1.165, 1.54) is 16.8 Å². The molecule has 0 spiro atoms. The molecule has 0 radical (unpaired) electrons. The highest BCUT2D eigenvalue weighted by Crippen LogP contribution is 2.12. The fourth-order valence-corrected chi connectivity index (χ4v) is 2.54. The van der Waals surface area contributed by atoms with E-state index in [0.29, 0.717) is 13.1 Å². The number of sulfonamides is 1. The molecule has 0 aliphatic rings. The molecule has 6 heteroatoms. The Balaban J connectivity index is 3.05. The minimum atomic E-state index is -3.54. The highest BCUT2D eigenvalue weighted by Gasteiger charge is 2.24. The molecule has 0 aromatic carbocycles. The Labute approximate surface area is 96.1 Å². The van der Waals surface area contributed by atoms with Gasteiger partial charge < -0.3 is 4.57 Å². The van der Waals surface area contributed by atoms with Crippen LogP contribution in [0.2, 0.25) is 0 Å². The van der Waals surface area contributed by atoms with Crippen LogP contribution in [0.3, 0.4) is 0 Å². The summed E-state index contributed by atoms with van der Waals surface area (Å²) in [5.41, 5.74) is 0. The second kappa shape index (κ2) is 5.14. The molecule has 0 amide bonds. The van der Waals surface area contributed by atoms with Crippen LogP contribution in [0.1, 0.15) is 13.8 Å². The Morgan fingerprint density at radius 1 is 1.56 bits per heavy atom. The molecule has 0 atom stereocenters. The summed E-state index contributed by atoms with van der Waals surface area (Å²) < 4.78 is 27.0. The van der Waals surface area contributed by atoms with Gasteiger partial charge in [-0.1, -0.05) is 12.8 Å². The van der Waals surface area contributed by atoms with Crippen LogP contribution in [0.4, 0.5) is 0 Å². The van der Waals surface area contributed by atoms with Gasteiger partial charge in [0.15, 0.2) is 5.03 Å². The van der Waals surface area contributed by atoms with Gasteiger partial charge in [0, 0.05) is 19.3 Å². The predicted octanol–water partition coefficient (Wildman–Crippen LogP) is 0.547. The maximum absolute atomic E-state index is 12.0. The molecule has 0 aliphatic heterocycles. The number of hydrogen-bond donors (Lipinski definition) is 0. The minimum absolute atomic E-state index is 0.0476. The van der Waals surface area contributed by atoms with Gasteiger partial charge >= 0.3 is 0 Å². The molecule has 1 aromatic heterocycles. The highest BCUT2D eigenvalue weighted by molar-refractivity contribution is 7.89. The lowest BCUT2D eigenvalue weighted by Crippen LogP contribution is -2.31. The fourth-order valence-electron chi connectivity index (χ4n) is 1.25.